The third-order valence-electron chi connectivity index (χ3n) is 4.11. The van der Waals surface area contributed by atoms with Gasteiger partial charge in [0.25, 0.3) is 5.56 Å². The zero-order valence-electron chi connectivity index (χ0n) is 14.3. The molecule has 0 saturated carbocycles. The third kappa shape index (κ3) is 3.18. The van der Waals surface area contributed by atoms with Crippen LogP contribution in [-0.2, 0) is 0 Å². The molecule has 2 aromatic heterocycles. The fraction of sp³-hybridized carbons (Fsp3) is 0. The van der Waals surface area contributed by atoms with E-state index < -0.39 is 28.7 Å². The summed E-state index contributed by atoms with van der Waals surface area (Å²) in [7, 11) is 0. The van der Waals surface area contributed by atoms with Crippen molar-refractivity contribution >= 4 is 23.1 Å². The van der Waals surface area contributed by atoms with Crippen LogP contribution in [-0.4, -0.2) is 14.5 Å². The fourth-order valence-corrected chi connectivity index (χ4v) is 2.84. The van der Waals surface area contributed by atoms with Gasteiger partial charge in [-0.25, -0.2) is 18.2 Å². The SMILES string of the molecule is O=c1c2cc(F)ccc2nc(/C=C/c2ccccn2)n1-c1c(F)cccc1F. The van der Waals surface area contributed by atoms with Gasteiger partial charge in [-0.3, -0.25) is 14.3 Å². The molecule has 2 heterocycles. The van der Waals surface area contributed by atoms with Crippen LogP contribution in [0.25, 0.3) is 28.7 Å². The maximum atomic E-state index is 14.4. The molecule has 0 unspecified atom stereocenters. The number of aromatic nitrogens is 3. The number of nitrogens with zero attached hydrogens (tertiary/aromatic N) is 3. The minimum atomic E-state index is -0.938. The van der Waals surface area contributed by atoms with Gasteiger partial charge in [0, 0.05) is 6.20 Å². The number of para-hydroxylation sites is 1. The minimum absolute atomic E-state index is 0.0150. The first-order valence-electron chi connectivity index (χ1n) is 8.30. The topological polar surface area (TPSA) is 47.8 Å². The molecular weight excluding hydrogens is 367 g/mol. The zero-order valence-corrected chi connectivity index (χ0v) is 14.3. The lowest BCUT2D eigenvalue weighted by Gasteiger charge is -2.13. The van der Waals surface area contributed by atoms with E-state index in [2.05, 4.69) is 9.97 Å². The molecule has 4 rings (SSSR count). The van der Waals surface area contributed by atoms with Gasteiger partial charge in [0.1, 0.15) is 29.0 Å². The Labute approximate surface area is 157 Å². The molecule has 0 radical (unpaired) electrons. The standard InChI is InChI=1S/C21H12F3N3O/c22-13-7-9-18-15(12-13)21(28)27(20-16(23)5-3-6-17(20)24)19(26-18)10-8-14-4-1-2-11-25-14/h1-12H/b10-8+. The van der Waals surface area contributed by atoms with Gasteiger partial charge >= 0.3 is 0 Å². The smallest absolute Gasteiger partial charge is 0.266 e. The summed E-state index contributed by atoms with van der Waals surface area (Å²) in [6.07, 6.45) is 4.57. The normalized spacial score (nSPS) is 11.4. The van der Waals surface area contributed by atoms with Crippen LogP contribution in [0, 0.1) is 17.5 Å². The maximum Gasteiger partial charge on any atom is 0.266 e. The Morgan fingerprint density at radius 1 is 0.893 bits per heavy atom. The van der Waals surface area contributed by atoms with E-state index in [-0.39, 0.29) is 16.7 Å². The highest BCUT2D eigenvalue weighted by Crippen LogP contribution is 2.20. The first-order valence-corrected chi connectivity index (χ1v) is 8.30. The van der Waals surface area contributed by atoms with Crippen molar-refractivity contribution in [2.24, 2.45) is 0 Å². The quantitative estimate of drug-likeness (QED) is 0.531. The van der Waals surface area contributed by atoms with Gasteiger partial charge in [0.2, 0.25) is 0 Å². The van der Waals surface area contributed by atoms with Crippen LogP contribution >= 0.6 is 0 Å². The Morgan fingerprint density at radius 2 is 1.68 bits per heavy atom. The summed E-state index contributed by atoms with van der Waals surface area (Å²) in [6, 6.07) is 12.0. The monoisotopic (exact) mass is 379 g/mol. The second-order valence-electron chi connectivity index (χ2n) is 5.93. The molecule has 0 N–H and O–H groups in total. The van der Waals surface area contributed by atoms with Crippen molar-refractivity contribution in [1.82, 2.24) is 14.5 Å². The van der Waals surface area contributed by atoms with Gasteiger partial charge < -0.3 is 0 Å². The molecule has 4 aromatic rings. The van der Waals surface area contributed by atoms with Crippen molar-refractivity contribution in [2.45, 2.75) is 0 Å². The summed E-state index contributed by atoms with van der Waals surface area (Å²) >= 11 is 0. The lowest BCUT2D eigenvalue weighted by atomic mass is 10.2. The number of halogens is 3. The number of pyridine rings is 1. The summed E-state index contributed by atoms with van der Waals surface area (Å²) < 4.78 is 43.2. The highest BCUT2D eigenvalue weighted by Gasteiger charge is 2.18. The zero-order chi connectivity index (χ0) is 19.7. The molecule has 0 bridgehead atoms. The summed E-state index contributed by atoms with van der Waals surface area (Å²) in [4.78, 5) is 21.4. The Hall–Kier alpha value is -3.74. The molecule has 4 nitrogen and oxygen atoms in total. The van der Waals surface area contributed by atoms with Gasteiger partial charge in [-0.15, -0.1) is 0 Å². The molecule has 28 heavy (non-hydrogen) atoms. The van der Waals surface area contributed by atoms with Gasteiger partial charge in [-0.2, -0.15) is 0 Å². The van der Waals surface area contributed by atoms with E-state index in [1.807, 2.05) is 0 Å². The predicted molar refractivity (Wildman–Crippen MR) is 100 cm³/mol. The Kier molecular flexibility index (Phi) is 4.49. The molecule has 0 amide bonds. The van der Waals surface area contributed by atoms with E-state index >= 15 is 0 Å². The van der Waals surface area contributed by atoms with Crippen LogP contribution in [0.2, 0.25) is 0 Å². The van der Waals surface area contributed by atoms with Crippen molar-refractivity contribution in [3.63, 3.8) is 0 Å². The number of rotatable bonds is 3. The van der Waals surface area contributed by atoms with E-state index in [0.29, 0.717) is 5.69 Å². The van der Waals surface area contributed by atoms with Gasteiger partial charge in [-0.1, -0.05) is 12.1 Å². The number of fused-ring (bicyclic) bond motifs is 1. The lowest BCUT2D eigenvalue weighted by molar-refractivity contribution is 0.565. The molecular formula is C21H12F3N3O. The second kappa shape index (κ2) is 7.11. The van der Waals surface area contributed by atoms with E-state index in [0.717, 1.165) is 28.8 Å². The lowest BCUT2D eigenvalue weighted by Crippen LogP contribution is -2.24. The van der Waals surface area contributed by atoms with E-state index in [1.165, 1.54) is 18.2 Å². The second-order valence-corrected chi connectivity index (χ2v) is 5.93. The van der Waals surface area contributed by atoms with Crippen molar-refractivity contribution in [1.29, 1.82) is 0 Å². The van der Waals surface area contributed by atoms with Crippen molar-refractivity contribution in [3.8, 4) is 5.69 Å². The largest absolute Gasteiger partial charge is 0.268 e. The molecule has 0 aliphatic heterocycles. The van der Waals surface area contributed by atoms with E-state index in [1.54, 1.807) is 30.5 Å². The summed E-state index contributed by atoms with van der Waals surface area (Å²) in [6.45, 7) is 0. The summed E-state index contributed by atoms with van der Waals surface area (Å²) in [5.41, 5.74) is -0.586. The molecule has 0 spiro atoms. The van der Waals surface area contributed by atoms with Crippen molar-refractivity contribution in [2.75, 3.05) is 0 Å². The van der Waals surface area contributed by atoms with Crippen LogP contribution in [0.4, 0.5) is 13.2 Å². The number of benzene rings is 2. The average molecular weight is 379 g/mol. The van der Waals surface area contributed by atoms with Gasteiger partial charge in [0.15, 0.2) is 0 Å². The van der Waals surface area contributed by atoms with Crippen LogP contribution in [0.3, 0.4) is 0 Å². The van der Waals surface area contributed by atoms with E-state index in [4.69, 9.17) is 0 Å². The Balaban J connectivity index is 2.04. The third-order valence-corrected chi connectivity index (χ3v) is 4.11. The first-order chi connectivity index (χ1) is 13.5. The minimum Gasteiger partial charge on any atom is -0.268 e. The van der Waals surface area contributed by atoms with Crippen LogP contribution in [0.15, 0.2) is 65.6 Å². The maximum absolute atomic E-state index is 14.4. The molecule has 2 aromatic carbocycles. The van der Waals surface area contributed by atoms with Crippen LogP contribution < -0.4 is 5.56 Å². The molecule has 0 atom stereocenters. The highest BCUT2D eigenvalue weighted by molar-refractivity contribution is 5.80. The first kappa shape index (κ1) is 17.7. The predicted octanol–water partition coefficient (Wildman–Crippen LogP) is 4.37. The molecule has 0 saturated heterocycles. The Morgan fingerprint density at radius 3 is 2.39 bits per heavy atom. The molecule has 0 aliphatic rings. The Bertz CT molecular complexity index is 1250. The summed E-state index contributed by atoms with van der Waals surface area (Å²) in [5.74, 6) is -2.54. The molecule has 7 heteroatoms. The average Bonchev–Trinajstić information content (AvgIpc) is 2.69. The van der Waals surface area contributed by atoms with Crippen LogP contribution in [0.1, 0.15) is 11.5 Å². The van der Waals surface area contributed by atoms with E-state index in [9.17, 15) is 18.0 Å². The number of hydrogen-bond acceptors (Lipinski definition) is 3. The summed E-state index contributed by atoms with van der Waals surface area (Å²) in [5, 5.41) is -0.0855. The molecule has 0 fully saturated rings. The van der Waals surface area contributed by atoms with Crippen molar-refractivity contribution in [3.05, 3.63) is 100 Å². The number of hydrogen-bond donors (Lipinski definition) is 0. The van der Waals surface area contributed by atoms with Gasteiger partial charge in [0.05, 0.1) is 16.6 Å². The molecule has 138 valence electrons. The fourth-order valence-electron chi connectivity index (χ4n) is 2.84. The highest BCUT2D eigenvalue weighted by atomic mass is 19.1. The van der Waals surface area contributed by atoms with Crippen molar-refractivity contribution < 1.29 is 13.2 Å². The van der Waals surface area contributed by atoms with Crippen LogP contribution in [0.5, 0.6) is 0 Å². The van der Waals surface area contributed by atoms with Gasteiger partial charge in [-0.05, 0) is 54.6 Å². The molecule has 0 aliphatic carbocycles.